The SMILES string of the molecule is O=C(CNC(=O)c1ccncc1F)c1cccs1. The third kappa shape index (κ3) is 2.78. The Bertz CT molecular complexity index is 569. The average Bonchev–Trinajstić information content (AvgIpc) is 2.90. The van der Waals surface area contributed by atoms with Gasteiger partial charge < -0.3 is 5.32 Å². The van der Waals surface area contributed by atoms with Gasteiger partial charge in [0.05, 0.1) is 23.2 Å². The van der Waals surface area contributed by atoms with Crippen molar-refractivity contribution >= 4 is 23.0 Å². The number of Topliss-reactive ketones (excluding diaryl/α,β-unsaturated/α-hetero) is 1. The molecule has 0 bridgehead atoms. The highest BCUT2D eigenvalue weighted by atomic mass is 32.1. The highest BCUT2D eigenvalue weighted by molar-refractivity contribution is 7.12. The summed E-state index contributed by atoms with van der Waals surface area (Å²) < 4.78 is 13.2. The predicted molar refractivity (Wildman–Crippen MR) is 65.2 cm³/mol. The molecule has 0 unspecified atom stereocenters. The summed E-state index contributed by atoms with van der Waals surface area (Å²) in [5, 5.41) is 4.15. The minimum atomic E-state index is -0.710. The van der Waals surface area contributed by atoms with Crippen LogP contribution < -0.4 is 5.32 Å². The monoisotopic (exact) mass is 264 g/mol. The van der Waals surface area contributed by atoms with Crippen LogP contribution in [0.25, 0.3) is 0 Å². The van der Waals surface area contributed by atoms with E-state index >= 15 is 0 Å². The van der Waals surface area contributed by atoms with E-state index in [0.717, 1.165) is 6.20 Å². The molecule has 2 rings (SSSR count). The fourth-order valence-corrected chi connectivity index (χ4v) is 2.00. The molecule has 1 N–H and O–H groups in total. The zero-order chi connectivity index (χ0) is 13.0. The van der Waals surface area contributed by atoms with Crippen molar-refractivity contribution in [3.63, 3.8) is 0 Å². The zero-order valence-electron chi connectivity index (χ0n) is 9.22. The van der Waals surface area contributed by atoms with Crippen molar-refractivity contribution in [2.75, 3.05) is 6.54 Å². The number of carbonyl (C=O) groups excluding carboxylic acids is 2. The zero-order valence-corrected chi connectivity index (χ0v) is 10.0. The molecule has 0 radical (unpaired) electrons. The van der Waals surface area contributed by atoms with E-state index in [1.54, 1.807) is 17.5 Å². The molecule has 2 aromatic rings. The van der Waals surface area contributed by atoms with Gasteiger partial charge in [0.2, 0.25) is 0 Å². The molecule has 0 aliphatic rings. The summed E-state index contributed by atoms with van der Waals surface area (Å²) in [6.45, 7) is -0.152. The van der Waals surface area contributed by atoms with Gasteiger partial charge in [0.15, 0.2) is 11.6 Å². The van der Waals surface area contributed by atoms with E-state index in [1.165, 1.54) is 23.6 Å². The van der Waals surface area contributed by atoms with Gasteiger partial charge in [0.25, 0.3) is 5.91 Å². The Morgan fingerprint density at radius 3 is 2.89 bits per heavy atom. The van der Waals surface area contributed by atoms with Crippen molar-refractivity contribution < 1.29 is 14.0 Å². The quantitative estimate of drug-likeness (QED) is 0.858. The van der Waals surface area contributed by atoms with E-state index in [4.69, 9.17) is 0 Å². The standard InChI is InChI=1S/C12H9FN2O2S/c13-9-6-14-4-3-8(9)12(17)15-7-10(16)11-2-1-5-18-11/h1-6H,7H2,(H,15,17). The van der Waals surface area contributed by atoms with E-state index in [9.17, 15) is 14.0 Å². The first-order chi connectivity index (χ1) is 8.68. The number of hydrogen-bond acceptors (Lipinski definition) is 4. The Morgan fingerprint density at radius 2 is 2.22 bits per heavy atom. The third-order valence-corrected chi connectivity index (χ3v) is 3.13. The Balaban J connectivity index is 1.97. The minimum absolute atomic E-state index is 0.121. The van der Waals surface area contributed by atoms with Gasteiger partial charge in [-0.1, -0.05) is 6.07 Å². The molecule has 2 aromatic heterocycles. The van der Waals surface area contributed by atoms with E-state index in [1.807, 2.05) is 0 Å². The Morgan fingerprint density at radius 1 is 1.39 bits per heavy atom. The van der Waals surface area contributed by atoms with Crippen LogP contribution in [0.3, 0.4) is 0 Å². The maximum atomic E-state index is 13.2. The smallest absolute Gasteiger partial charge is 0.254 e. The summed E-state index contributed by atoms with van der Waals surface area (Å²) in [6.07, 6.45) is 2.27. The number of nitrogens with zero attached hydrogens (tertiary/aromatic N) is 1. The number of aromatic nitrogens is 1. The highest BCUT2D eigenvalue weighted by Crippen LogP contribution is 2.09. The molecule has 0 aromatic carbocycles. The third-order valence-electron chi connectivity index (χ3n) is 2.22. The largest absolute Gasteiger partial charge is 0.344 e. The van der Waals surface area contributed by atoms with Gasteiger partial charge in [-0.3, -0.25) is 14.6 Å². The van der Waals surface area contributed by atoms with Crippen LogP contribution in [0.2, 0.25) is 0 Å². The molecule has 2 heterocycles. The molecule has 18 heavy (non-hydrogen) atoms. The van der Waals surface area contributed by atoms with Crippen molar-refractivity contribution in [1.82, 2.24) is 10.3 Å². The van der Waals surface area contributed by atoms with Gasteiger partial charge >= 0.3 is 0 Å². The summed E-state index contributed by atoms with van der Waals surface area (Å²) >= 11 is 1.30. The molecule has 0 aliphatic carbocycles. The lowest BCUT2D eigenvalue weighted by atomic mass is 10.2. The number of carbonyl (C=O) groups is 2. The maximum Gasteiger partial charge on any atom is 0.254 e. The van der Waals surface area contributed by atoms with Crippen LogP contribution in [-0.2, 0) is 0 Å². The van der Waals surface area contributed by atoms with Gasteiger partial charge in [-0.15, -0.1) is 11.3 Å². The van der Waals surface area contributed by atoms with E-state index in [2.05, 4.69) is 10.3 Å². The molecule has 92 valence electrons. The molecule has 4 nitrogen and oxygen atoms in total. The predicted octanol–water partition coefficient (Wildman–Crippen LogP) is 1.89. The fraction of sp³-hybridized carbons (Fsp3) is 0.0833. The Hall–Kier alpha value is -2.08. The molecular formula is C12H9FN2O2S. The lowest BCUT2D eigenvalue weighted by Gasteiger charge is -2.04. The van der Waals surface area contributed by atoms with Crippen LogP contribution in [0.15, 0.2) is 36.0 Å². The first-order valence-electron chi connectivity index (χ1n) is 5.13. The molecule has 0 spiro atoms. The lowest BCUT2D eigenvalue weighted by Crippen LogP contribution is -2.29. The summed E-state index contributed by atoms with van der Waals surface area (Å²) in [6, 6.07) is 4.69. The lowest BCUT2D eigenvalue weighted by molar-refractivity contribution is 0.0902. The topological polar surface area (TPSA) is 59.1 Å². The van der Waals surface area contributed by atoms with Gasteiger partial charge in [0, 0.05) is 6.20 Å². The molecule has 0 saturated carbocycles. The molecule has 6 heteroatoms. The van der Waals surface area contributed by atoms with Gasteiger partial charge in [-0.05, 0) is 17.5 Å². The van der Waals surface area contributed by atoms with E-state index in [-0.39, 0.29) is 17.9 Å². The van der Waals surface area contributed by atoms with Crippen LogP contribution >= 0.6 is 11.3 Å². The second-order valence-electron chi connectivity index (χ2n) is 3.44. The van der Waals surface area contributed by atoms with Crippen molar-refractivity contribution in [3.05, 3.63) is 52.2 Å². The van der Waals surface area contributed by atoms with Crippen molar-refractivity contribution in [1.29, 1.82) is 0 Å². The molecule has 0 saturated heterocycles. The number of nitrogens with one attached hydrogen (secondary N) is 1. The normalized spacial score (nSPS) is 10.1. The molecule has 0 atom stereocenters. The van der Waals surface area contributed by atoms with Crippen LogP contribution in [0.5, 0.6) is 0 Å². The number of halogens is 1. The fourth-order valence-electron chi connectivity index (χ4n) is 1.34. The van der Waals surface area contributed by atoms with Crippen molar-refractivity contribution in [2.45, 2.75) is 0 Å². The molecule has 0 aliphatic heterocycles. The summed E-state index contributed by atoms with van der Waals surface area (Å²) in [5.74, 6) is -1.54. The maximum absolute atomic E-state index is 13.2. The second kappa shape index (κ2) is 5.50. The Labute approximate surface area is 106 Å². The number of rotatable bonds is 4. The van der Waals surface area contributed by atoms with Crippen LogP contribution in [0, 0.1) is 5.82 Å². The van der Waals surface area contributed by atoms with Gasteiger partial charge in [0.1, 0.15) is 0 Å². The van der Waals surface area contributed by atoms with Gasteiger partial charge in [-0.2, -0.15) is 0 Å². The van der Waals surface area contributed by atoms with Gasteiger partial charge in [-0.25, -0.2) is 4.39 Å². The minimum Gasteiger partial charge on any atom is -0.344 e. The molecule has 0 fully saturated rings. The number of pyridine rings is 1. The first kappa shape index (κ1) is 12.4. The number of hydrogen-bond donors (Lipinski definition) is 1. The summed E-state index contributed by atoms with van der Waals surface area (Å²) in [7, 11) is 0. The number of thiophene rings is 1. The van der Waals surface area contributed by atoms with Crippen LogP contribution in [0.1, 0.15) is 20.0 Å². The molecular weight excluding hydrogens is 255 g/mol. The van der Waals surface area contributed by atoms with Crippen LogP contribution in [0.4, 0.5) is 4.39 Å². The highest BCUT2D eigenvalue weighted by Gasteiger charge is 2.13. The van der Waals surface area contributed by atoms with Crippen molar-refractivity contribution in [3.8, 4) is 0 Å². The Kier molecular flexibility index (Phi) is 3.78. The average molecular weight is 264 g/mol. The first-order valence-corrected chi connectivity index (χ1v) is 6.01. The summed E-state index contributed by atoms with van der Waals surface area (Å²) in [4.78, 5) is 27.3. The second-order valence-corrected chi connectivity index (χ2v) is 4.39. The van der Waals surface area contributed by atoms with Crippen molar-refractivity contribution in [2.24, 2.45) is 0 Å². The molecule has 1 amide bonds. The number of ketones is 1. The van der Waals surface area contributed by atoms with E-state index in [0.29, 0.717) is 4.88 Å². The van der Waals surface area contributed by atoms with E-state index < -0.39 is 11.7 Å². The summed E-state index contributed by atoms with van der Waals surface area (Å²) in [5.41, 5.74) is -0.121. The van der Waals surface area contributed by atoms with Crippen LogP contribution in [-0.4, -0.2) is 23.2 Å². The number of amides is 1.